The second-order valence-electron chi connectivity index (χ2n) is 3.78. The van der Waals surface area contributed by atoms with E-state index in [1.54, 1.807) is 30.5 Å². The zero-order valence-electron chi connectivity index (χ0n) is 9.55. The summed E-state index contributed by atoms with van der Waals surface area (Å²) in [5.41, 5.74) is 1.38. The van der Waals surface area contributed by atoms with E-state index in [-0.39, 0.29) is 0 Å². The minimum Gasteiger partial charge on any atom is -0.334 e. The molecule has 0 N–H and O–H groups in total. The van der Waals surface area contributed by atoms with Crippen LogP contribution in [0.15, 0.2) is 47.1 Å². The van der Waals surface area contributed by atoms with Crippen molar-refractivity contribution in [1.82, 2.24) is 15.1 Å². The fourth-order valence-corrected chi connectivity index (χ4v) is 2.02. The molecule has 0 spiro atoms. The van der Waals surface area contributed by atoms with Crippen molar-refractivity contribution < 1.29 is 4.52 Å². The van der Waals surface area contributed by atoms with Gasteiger partial charge in [-0.1, -0.05) is 34.4 Å². The van der Waals surface area contributed by atoms with Crippen LogP contribution in [0.2, 0.25) is 10.2 Å². The van der Waals surface area contributed by atoms with E-state index in [1.165, 1.54) is 0 Å². The Hall–Kier alpha value is -1.91. The summed E-state index contributed by atoms with van der Waals surface area (Å²) in [6.07, 6.45) is 1.60. The Morgan fingerprint density at radius 1 is 1.05 bits per heavy atom. The molecular weight excluding hydrogens is 285 g/mol. The van der Waals surface area contributed by atoms with E-state index < -0.39 is 0 Å². The van der Waals surface area contributed by atoms with E-state index in [2.05, 4.69) is 15.1 Å². The van der Waals surface area contributed by atoms with Crippen LogP contribution in [0, 0.1) is 0 Å². The number of hydrogen-bond acceptors (Lipinski definition) is 4. The number of nitrogens with zero attached hydrogens (tertiary/aromatic N) is 3. The molecule has 1 aromatic carbocycles. The summed E-state index contributed by atoms with van der Waals surface area (Å²) < 4.78 is 5.21. The van der Waals surface area contributed by atoms with E-state index in [1.807, 2.05) is 12.1 Å². The van der Waals surface area contributed by atoms with Crippen molar-refractivity contribution in [3.63, 3.8) is 0 Å². The first-order valence-electron chi connectivity index (χ1n) is 5.44. The van der Waals surface area contributed by atoms with E-state index in [4.69, 9.17) is 27.7 Å². The highest BCUT2D eigenvalue weighted by atomic mass is 35.5. The molecule has 0 amide bonds. The predicted molar refractivity (Wildman–Crippen MR) is 73.0 cm³/mol. The molecule has 94 valence electrons. The second kappa shape index (κ2) is 4.99. The monoisotopic (exact) mass is 291 g/mol. The van der Waals surface area contributed by atoms with Crippen molar-refractivity contribution in [3.05, 3.63) is 52.8 Å². The molecule has 0 aliphatic rings. The van der Waals surface area contributed by atoms with E-state index in [0.717, 1.165) is 5.56 Å². The largest absolute Gasteiger partial charge is 0.334 e. The van der Waals surface area contributed by atoms with Crippen LogP contribution in [0.25, 0.3) is 22.8 Å². The highest BCUT2D eigenvalue weighted by molar-refractivity contribution is 6.32. The molecule has 2 aromatic heterocycles. The lowest BCUT2D eigenvalue weighted by Gasteiger charge is -1.95. The van der Waals surface area contributed by atoms with Crippen LogP contribution in [0.1, 0.15) is 0 Å². The summed E-state index contributed by atoms with van der Waals surface area (Å²) in [6, 6.07) is 10.7. The van der Waals surface area contributed by atoms with Crippen LogP contribution >= 0.6 is 23.2 Å². The zero-order valence-corrected chi connectivity index (χ0v) is 11.1. The highest BCUT2D eigenvalue weighted by Crippen LogP contribution is 2.27. The third-order valence-electron chi connectivity index (χ3n) is 2.50. The van der Waals surface area contributed by atoms with Crippen LogP contribution in [0.4, 0.5) is 0 Å². The summed E-state index contributed by atoms with van der Waals surface area (Å²) in [7, 11) is 0. The molecule has 0 radical (unpaired) electrons. The molecule has 0 saturated heterocycles. The average Bonchev–Trinajstić information content (AvgIpc) is 2.89. The Morgan fingerprint density at radius 2 is 1.95 bits per heavy atom. The topological polar surface area (TPSA) is 51.8 Å². The fraction of sp³-hybridized carbons (Fsp3) is 0. The molecule has 3 rings (SSSR count). The molecule has 0 fully saturated rings. The minimum atomic E-state index is 0.334. The summed E-state index contributed by atoms with van der Waals surface area (Å²) in [5.74, 6) is 0.783. The van der Waals surface area contributed by atoms with Gasteiger partial charge in [0.15, 0.2) is 0 Å². The third kappa shape index (κ3) is 2.45. The summed E-state index contributed by atoms with van der Waals surface area (Å²) in [4.78, 5) is 8.27. The van der Waals surface area contributed by atoms with Gasteiger partial charge in [0.1, 0.15) is 5.15 Å². The number of benzene rings is 1. The normalized spacial score (nSPS) is 10.6. The fourth-order valence-electron chi connectivity index (χ4n) is 1.62. The van der Waals surface area contributed by atoms with Gasteiger partial charge in [-0.15, -0.1) is 0 Å². The first-order chi connectivity index (χ1) is 9.24. The van der Waals surface area contributed by atoms with Gasteiger partial charge in [0.05, 0.1) is 5.56 Å². The average molecular weight is 292 g/mol. The van der Waals surface area contributed by atoms with Gasteiger partial charge in [-0.05, 0) is 30.3 Å². The van der Waals surface area contributed by atoms with Crippen LogP contribution in [0.3, 0.4) is 0 Å². The molecule has 6 heteroatoms. The number of pyridine rings is 1. The van der Waals surface area contributed by atoms with Crippen molar-refractivity contribution in [3.8, 4) is 22.8 Å². The van der Waals surface area contributed by atoms with Gasteiger partial charge in [0.25, 0.3) is 5.89 Å². The number of rotatable bonds is 2. The van der Waals surface area contributed by atoms with Crippen molar-refractivity contribution in [2.24, 2.45) is 0 Å². The number of halogens is 2. The highest BCUT2D eigenvalue weighted by Gasteiger charge is 2.13. The maximum absolute atomic E-state index is 5.99. The molecule has 0 saturated carbocycles. The van der Waals surface area contributed by atoms with Gasteiger partial charge in [-0.25, -0.2) is 4.98 Å². The lowest BCUT2D eigenvalue weighted by molar-refractivity contribution is 0.432. The summed E-state index contributed by atoms with van der Waals surface area (Å²) in [5, 5.41) is 4.84. The Bertz CT molecular complexity index is 727. The molecule has 19 heavy (non-hydrogen) atoms. The molecule has 4 nitrogen and oxygen atoms in total. The minimum absolute atomic E-state index is 0.334. The van der Waals surface area contributed by atoms with Gasteiger partial charge < -0.3 is 4.52 Å². The molecule has 2 heterocycles. The first kappa shape index (κ1) is 12.1. The van der Waals surface area contributed by atoms with Crippen molar-refractivity contribution in [2.45, 2.75) is 0 Å². The van der Waals surface area contributed by atoms with Gasteiger partial charge in [0.2, 0.25) is 5.82 Å². The van der Waals surface area contributed by atoms with Crippen molar-refractivity contribution in [1.29, 1.82) is 0 Å². The predicted octanol–water partition coefficient (Wildman–Crippen LogP) is 4.11. The quantitative estimate of drug-likeness (QED) is 0.667. The smallest absolute Gasteiger partial charge is 0.258 e. The lowest BCUT2D eigenvalue weighted by Crippen LogP contribution is -1.84. The molecule has 0 aliphatic heterocycles. The molecule has 3 aromatic rings. The molecule has 0 atom stereocenters. The molecule has 0 bridgehead atoms. The lowest BCUT2D eigenvalue weighted by atomic mass is 10.2. The second-order valence-corrected chi connectivity index (χ2v) is 4.57. The Kier molecular flexibility index (Phi) is 3.19. The number of hydrogen-bond donors (Lipinski definition) is 0. The third-order valence-corrected chi connectivity index (χ3v) is 3.03. The standard InChI is InChI=1S/C13H7Cl2N3O/c14-9-4-1-3-8(7-9)13-17-12(18-19-13)10-5-2-6-16-11(10)15/h1-7H. The molecule has 0 aliphatic carbocycles. The Balaban J connectivity index is 2.03. The zero-order chi connectivity index (χ0) is 13.2. The van der Waals surface area contributed by atoms with E-state index >= 15 is 0 Å². The summed E-state index contributed by atoms with van der Waals surface area (Å²) in [6.45, 7) is 0. The SMILES string of the molecule is Clc1cccc(-c2nc(-c3cccnc3Cl)no2)c1. The van der Waals surface area contributed by atoms with Crippen LogP contribution in [-0.4, -0.2) is 15.1 Å². The maximum atomic E-state index is 5.99. The van der Waals surface area contributed by atoms with Gasteiger partial charge in [-0.3, -0.25) is 0 Å². The molecule has 0 unspecified atom stereocenters. The van der Waals surface area contributed by atoms with Crippen LogP contribution < -0.4 is 0 Å². The maximum Gasteiger partial charge on any atom is 0.258 e. The van der Waals surface area contributed by atoms with E-state index in [9.17, 15) is 0 Å². The Labute approximate surface area is 119 Å². The number of aromatic nitrogens is 3. The summed E-state index contributed by atoms with van der Waals surface area (Å²) >= 11 is 11.9. The van der Waals surface area contributed by atoms with Gasteiger partial charge in [-0.2, -0.15) is 4.98 Å². The van der Waals surface area contributed by atoms with Gasteiger partial charge in [0, 0.05) is 16.8 Å². The first-order valence-corrected chi connectivity index (χ1v) is 6.20. The van der Waals surface area contributed by atoms with Crippen LogP contribution in [-0.2, 0) is 0 Å². The molecular formula is C13H7Cl2N3O. The van der Waals surface area contributed by atoms with Crippen LogP contribution in [0.5, 0.6) is 0 Å². The van der Waals surface area contributed by atoms with Crippen molar-refractivity contribution in [2.75, 3.05) is 0 Å². The van der Waals surface area contributed by atoms with Crippen molar-refractivity contribution >= 4 is 23.2 Å². The van der Waals surface area contributed by atoms with Gasteiger partial charge >= 0.3 is 0 Å². The Morgan fingerprint density at radius 3 is 2.74 bits per heavy atom. The van der Waals surface area contributed by atoms with E-state index in [0.29, 0.717) is 27.5 Å².